The summed E-state index contributed by atoms with van der Waals surface area (Å²) < 4.78 is 2.03. The molecule has 0 bridgehead atoms. The van der Waals surface area contributed by atoms with Crippen LogP contribution in [0.4, 0.5) is 0 Å². The zero-order chi connectivity index (χ0) is 20.1. The molecule has 1 saturated carbocycles. The number of nitrogens with zero attached hydrogens (tertiary/aromatic N) is 5. The largest absolute Gasteiger partial charge is 0.356 e. The van der Waals surface area contributed by atoms with Gasteiger partial charge >= 0.3 is 0 Å². The lowest BCUT2D eigenvalue weighted by Crippen LogP contribution is -2.45. The topological polar surface area (TPSA) is 86.9 Å². The third-order valence-corrected chi connectivity index (χ3v) is 6.02. The second kappa shape index (κ2) is 9.24. The molecule has 1 saturated heterocycles. The first-order valence-electron chi connectivity index (χ1n) is 10.8. The summed E-state index contributed by atoms with van der Waals surface area (Å²) in [6.07, 6.45) is 9.30. The zero-order valence-electron chi connectivity index (χ0n) is 17.2. The van der Waals surface area contributed by atoms with Crippen molar-refractivity contribution >= 4 is 17.5 Å². The number of carbonyl (C=O) groups is 1. The number of aryl methyl sites for hydroxylation is 1. The van der Waals surface area contributed by atoms with Crippen LogP contribution in [0.5, 0.6) is 0 Å². The highest BCUT2D eigenvalue weighted by atomic mass is 16.2. The summed E-state index contributed by atoms with van der Waals surface area (Å²) in [6, 6.07) is 6.19. The van der Waals surface area contributed by atoms with E-state index in [9.17, 15) is 4.79 Å². The van der Waals surface area contributed by atoms with Gasteiger partial charge in [0.25, 0.3) is 0 Å². The van der Waals surface area contributed by atoms with Crippen molar-refractivity contribution in [1.29, 1.82) is 0 Å². The van der Waals surface area contributed by atoms with E-state index in [0.29, 0.717) is 5.91 Å². The number of fused-ring (bicyclic) bond motifs is 1. The fraction of sp³-hybridized carbons (Fsp3) is 0.619. The van der Waals surface area contributed by atoms with E-state index in [2.05, 4.69) is 25.8 Å². The van der Waals surface area contributed by atoms with Crippen LogP contribution < -0.4 is 10.6 Å². The quantitative estimate of drug-likeness (QED) is 0.439. The Morgan fingerprint density at radius 3 is 2.93 bits per heavy atom. The average Bonchev–Trinajstić information content (AvgIpc) is 3.51. The highest BCUT2D eigenvalue weighted by Crippen LogP contribution is 2.27. The van der Waals surface area contributed by atoms with Crippen LogP contribution in [-0.4, -0.2) is 64.1 Å². The Morgan fingerprint density at radius 2 is 2.10 bits per heavy atom. The standard InChI is InChI=1S/C21H31N7O/c1-22-21(23-12-6-10-19-26-25-18-9-4-5-13-28(18)19)24-17-11-14-27(15-17)20(29)16-7-2-3-8-16/h4-5,9,13,16-17H,2-3,6-8,10-12,14-15H2,1H3,(H2,22,23,24). The Hall–Kier alpha value is -2.64. The minimum atomic E-state index is 0.263. The summed E-state index contributed by atoms with van der Waals surface area (Å²) in [4.78, 5) is 19.0. The molecule has 3 heterocycles. The van der Waals surface area contributed by atoms with Gasteiger partial charge in [-0.25, -0.2) is 0 Å². The number of hydrogen-bond acceptors (Lipinski definition) is 4. The van der Waals surface area contributed by atoms with E-state index in [4.69, 9.17) is 0 Å². The first-order chi connectivity index (χ1) is 14.2. The monoisotopic (exact) mass is 397 g/mol. The Morgan fingerprint density at radius 1 is 1.24 bits per heavy atom. The summed E-state index contributed by atoms with van der Waals surface area (Å²) in [5, 5.41) is 15.3. The molecule has 0 radical (unpaired) electrons. The fourth-order valence-electron chi connectivity index (χ4n) is 4.41. The smallest absolute Gasteiger partial charge is 0.225 e. The number of pyridine rings is 1. The SMILES string of the molecule is CN=C(NCCCc1nnc2ccccn12)NC1CCN(C(=O)C2CCCC2)C1. The summed E-state index contributed by atoms with van der Waals surface area (Å²) in [5.41, 5.74) is 0.880. The number of likely N-dealkylation sites (tertiary alicyclic amines) is 1. The molecular weight excluding hydrogens is 366 g/mol. The van der Waals surface area contributed by atoms with Crippen molar-refractivity contribution in [3.8, 4) is 0 Å². The van der Waals surface area contributed by atoms with E-state index in [1.165, 1.54) is 12.8 Å². The molecule has 2 aromatic rings. The molecule has 29 heavy (non-hydrogen) atoms. The second-order valence-electron chi connectivity index (χ2n) is 8.04. The molecule has 1 amide bonds. The number of nitrogens with one attached hydrogen (secondary N) is 2. The van der Waals surface area contributed by atoms with Crippen LogP contribution in [0.1, 0.15) is 44.3 Å². The van der Waals surface area contributed by atoms with Gasteiger partial charge in [-0.15, -0.1) is 10.2 Å². The van der Waals surface area contributed by atoms with Gasteiger partial charge in [-0.1, -0.05) is 18.9 Å². The number of carbonyl (C=O) groups excluding carboxylic acids is 1. The Labute approximate surface area is 171 Å². The number of amides is 1. The van der Waals surface area contributed by atoms with Crippen LogP contribution >= 0.6 is 0 Å². The van der Waals surface area contributed by atoms with Gasteiger partial charge in [0, 0.05) is 51.3 Å². The molecule has 1 aliphatic heterocycles. The molecule has 4 rings (SSSR count). The molecule has 1 aliphatic carbocycles. The highest BCUT2D eigenvalue weighted by Gasteiger charge is 2.32. The third-order valence-electron chi connectivity index (χ3n) is 6.02. The first kappa shape index (κ1) is 19.7. The van der Waals surface area contributed by atoms with Crippen LogP contribution in [0, 0.1) is 5.92 Å². The third kappa shape index (κ3) is 4.68. The lowest BCUT2D eigenvalue weighted by molar-refractivity contribution is -0.134. The molecule has 1 unspecified atom stereocenters. The van der Waals surface area contributed by atoms with E-state index >= 15 is 0 Å². The highest BCUT2D eigenvalue weighted by molar-refractivity contribution is 5.81. The maximum absolute atomic E-state index is 12.6. The van der Waals surface area contributed by atoms with E-state index in [1.54, 1.807) is 7.05 Å². The second-order valence-corrected chi connectivity index (χ2v) is 8.04. The lowest BCUT2D eigenvalue weighted by atomic mass is 10.1. The van der Waals surface area contributed by atoms with Crippen molar-refractivity contribution in [2.45, 2.75) is 51.0 Å². The summed E-state index contributed by atoms with van der Waals surface area (Å²) >= 11 is 0. The molecular formula is C21H31N7O. The Bertz CT molecular complexity index is 856. The van der Waals surface area contributed by atoms with Gasteiger partial charge in [-0.3, -0.25) is 14.2 Å². The minimum Gasteiger partial charge on any atom is -0.356 e. The first-order valence-corrected chi connectivity index (χ1v) is 10.8. The number of rotatable bonds is 6. The molecule has 8 heteroatoms. The van der Waals surface area contributed by atoms with Gasteiger partial charge in [0.15, 0.2) is 11.6 Å². The van der Waals surface area contributed by atoms with E-state index in [0.717, 1.165) is 69.2 Å². The number of hydrogen-bond donors (Lipinski definition) is 2. The minimum absolute atomic E-state index is 0.263. The van der Waals surface area contributed by atoms with Crippen molar-refractivity contribution in [3.63, 3.8) is 0 Å². The predicted molar refractivity (Wildman–Crippen MR) is 113 cm³/mol. The van der Waals surface area contributed by atoms with E-state index in [-0.39, 0.29) is 12.0 Å². The summed E-state index contributed by atoms with van der Waals surface area (Å²) in [7, 11) is 1.79. The van der Waals surface area contributed by atoms with Crippen molar-refractivity contribution in [2.24, 2.45) is 10.9 Å². The van der Waals surface area contributed by atoms with Crippen molar-refractivity contribution in [3.05, 3.63) is 30.2 Å². The fourth-order valence-corrected chi connectivity index (χ4v) is 4.41. The molecule has 156 valence electrons. The maximum atomic E-state index is 12.6. The average molecular weight is 398 g/mol. The molecule has 2 N–H and O–H groups in total. The van der Waals surface area contributed by atoms with Gasteiger partial charge in [-0.05, 0) is 37.8 Å². The molecule has 2 fully saturated rings. The summed E-state index contributed by atoms with van der Waals surface area (Å²) in [6.45, 7) is 2.44. The summed E-state index contributed by atoms with van der Waals surface area (Å²) in [5.74, 6) is 2.40. The number of guanidine groups is 1. The molecule has 0 spiro atoms. The molecule has 0 aromatic carbocycles. The Kier molecular flexibility index (Phi) is 6.27. The molecule has 8 nitrogen and oxygen atoms in total. The maximum Gasteiger partial charge on any atom is 0.225 e. The normalized spacial score (nSPS) is 20.5. The number of aliphatic imine (C=N–C) groups is 1. The molecule has 2 aromatic heterocycles. The van der Waals surface area contributed by atoms with Gasteiger partial charge in [-0.2, -0.15) is 0 Å². The van der Waals surface area contributed by atoms with Crippen molar-refractivity contribution in [1.82, 2.24) is 30.1 Å². The number of aromatic nitrogens is 3. The van der Waals surface area contributed by atoms with Gasteiger partial charge < -0.3 is 15.5 Å². The zero-order valence-corrected chi connectivity index (χ0v) is 17.2. The van der Waals surface area contributed by atoms with Gasteiger partial charge in [0.05, 0.1) is 0 Å². The van der Waals surface area contributed by atoms with Crippen LogP contribution in [0.15, 0.2) is 29.4 Å². The van der Waals surface area contributed by atoms with Crippen LogP contribution in [0.3, 0.4) is 0 Å². The predicted octanol–water partition coefficient (Wildman–Crippen LogP) is 1.62. The Balaban J connectivity index is 1.19. The van der Waals surface area contributed by atoms with Gasteiger partial charge in [0.2, 0.25) is 5.91 Å². The molecule has 1 atom stereocenters. The van der Waals surface area contributed by atoms with Crippen LogP contribution in [0.2, 0.25) is 0 Å². The van der Waals surface area contributed by atoms with Gasteiger partial charge in [0.1, 0.15) is 5.82 Å². The van der Waals surface area contributed by atoms with E-state index < -0.39 is 0 Å². The molecule has 2 aliphatic rings. The van der Waals surface area contributed by atoms with E-state index in [1.807, 2.05) is 33.7 Å². The van der Waals surface area contributed by atoms with Crippen molar-refractivity contribution < 1.29 is 4.79 Å². The van der Waals surface area contributed by atoms with Crippen molar-refractivity contribution in [2.75, 3.05) is 26.7 Å². The van der Waals surface area contributed by atoms with Crippen LogP contribution in [0.25, 0.3) is 5.65 Å². The van der Waals surface area contributed by atoms with Crippen LogP contribution in [-0.2, 0) is 11.2 Å². The lowest BCUT2D eigenvalue weighted by Gasteiger charge is -2.21.